The first-order valence-electron chi connectivity index (χ1n) is 11.3. The molecule has 6 heterocycles. The van der Waals surface area contributed by atoms with Crippen molar-refractivity contribution in [2.24, 2.45) is 0 Å². The van der Waals surface area contributed by atoms with Gasteiger partial charge in [-0.05, 0) is 38.7 Å². The van der Waals surface area contributed by atoms with Crippen molar-refractivity contribution in [2.75, 3.05) is 12.0 Å². The lowest BCUT2D eigenvalue weighted by molar-refractivity contribution is 0.355. The molecular formula is C23H25N7O2S2. The van der Waals surface area contributed by atoms with Crippen LogP contribution in [0.1, 0.15) is 42.2 Å². The molecule has 11 heteroatoms. The number of nitrogen functional groups attached to an aromatic ring is 1. The summed E-state index contributed by atoms with van der Waals surface area (Å²) in [6, 6.07) is 4.68. The highest BCUT2D eigenvalue weighted by Gasteiger charge is 2.38. The summed E-state index contributed by atoms with van der Waals surface area (Å²) in [5.41, 5.74) is 9.95. The van der Waals surface area contributed by atoms with Gasteiger partial charge in [0, 0.05) is 52.7 Å². The summed E-state index contributed by atoms with van der Waals surface area (Å²) in [6.45, 7) is 2.01. The van der Waals surface area contributed by atoms with Crippen molar-refractivity contribution in [1.82, 2.24) is 29.9 Å². The largest absolute Gasteiger partial charge is 0.382 e. The van der Waals surface area contributed by atoms with E-state index in [-0.39, 0.29) is 16.6 Å². The molecule has 3 atom stereocenters. The van der Waals surface area contributed by atoms with Gasteiger partial charge in [-0.3, -0.25) is 4.98 Å². The maximum absolute atomic E-state index is 12.8. The molecule has 0 aromatic carbocycles. The minimum Gasteiger partial charge on any atom is -0.382 e. The Morgan fingerprint density at radius 3 is 2.50 bits per heavy atom. The summed E-state index contributed by atoms with van der Waals surface area (Å²) in [5.74, 6) is 0.148. The van der Waals surface area contributed by atoms with E-state index in [1.807, 2.05) is 25.3 Å². The Morgan fingerprint density at radius 1 is 1.12 bits per heavy atom. The molecule has 3 N–H and O–H groups in total. The van der Waals surface area contributed by atoms with Crippen molar-refractivity contribution >= 4 is 32.6 Å². The number of fused-ring (bicyclic) bond motifs is 3. The Labute approximate surface area is 201 Å². The number of hydrogen-bond donors (Lipinski definition) is 2. The first-order valence-corrected chi connectivity index (χ1v) is 14.0. The van der Waals surface area contributed by atoms with Gasteiger partial charge in [0.1, 0.15) is 15.7 Å². The average molecular weight is 496 g/mol. The summed E-state index contributed by atoms with van der Waals surface area (Å²) in [6.07, 6.45) is 10.4. The maximum Gasteiger partial charge on any atom is 0.180 e. The van der Waals surface area contributed by atoms with E-state index in [0.717, 1.165) is 52.4 Å². The molecule has 176 valence electrons. The van der Waals surface area contributed by atoms with Crippen LogP contribution in [0.4, 0.5) is 5.82 Å². The van der Waals surface area contributed by atoms with Gasteiger partial charge in [-0.1, -0.05) is 6.07 Å². The van der Waals surface area contributed by atoms with E-state index >= 15 is 0 Å². The van der Waals surface area contributed by atoms with Gasteiger partial charge in [0.15, 0.2) is 15.5 Å². The number of piperidine rings is 1. The second kappa shape index (κ2) is 7.82. The molecule has 2 bridgehead atoms. The van der Waals surface area contributed by atoms with Gasteiger partial charge in [0.2, 0.25) is 0 Å². The number of hydrogen-bond acceptors (Lipinski definition) is 9. The fourth-order valence-corrected chi connectivity index (χ4v) is 7.11. The third kappa shape index (κ3) is 3.58. The first kappa shape index (κ1) is 21.6. The van der Waals surface area contributed by atoms with E-state index in [1.165, 1.54) is 10.8 Å². The molecule has 4 aromatic rings. The SMILES string of the molecule is Cc1cnc(-c2ccc(-c3cnn4c(N)c(S(C)(=O)=O)c([C@@H]5C[C@H]6CC[C@@H](C5)N6)nc34)cn2)s1. The molecule has 2 saturated heterocycles. The van der Waals surface area contributed by atoms with Crippen LogP contribution in [0.25, 0.3) is 27.5 Å². The highest BCUT2D eigenvalue weighted by molar-refractivity contribution is 7.91. The van der Waals surface area contributed by atoms with Crippen LogP contribution in [0.3, 0.4) is 0 Å². The standard InChI is InChI=1S/C23H25N7O2S2/c1-12-9-26-23(33-12)18-6-3-13(10-25-18)17-11-27-30-21(24)20(34(2,31)32)19(29-22(17)30)14-7-15-4-5-16(8-14)28-15/h3,6,9-11,14-16,28H,4-5,7-8,24H2,1-2H3/t14-,15-,16+. The molecule has 2 aliphatic rings. The van der Waals surface area contributed by atoms with Crippen molar-refractivity contribution in [2.45, 2.75) is 55.5 Å². The number of nitrogens with one attached hydrogen (secondary N) is 1. The molecule has 6 rings (SSSR count). The van der Waals surface area contributed by atoms with Gasteiger partial charge in [0.25, 0.3) is 0 Å². The van der Waals surface area contributed by atoms with Crippen LogP contribution in [0.5, 0.6) is 0 Å². The number of rotatable bonds is 4. The van der Waals surface area contributed by atoms with Crippen LogP contribution in [-0.4, -0.2) is 51.3 Å². The third-order valence-electron chi connectivity index (χ3n) is 6.81. The number of sulfone groups is 1. The highest BCUT2D eigenvalue weighted by Crippen LogP contribution is 2.41. The van der Waals surface area contributed by atoms with Crippen LogP contribution in [0.15, 0.2) is 35.6 Å². The number of anilines is 1. The highest BCUT2D eigenvalue weighted by atomic mass is 32.2. The van der Waals surface area contributed by atoms with Gasteiger partial charge < -0.3 is 11.1 Å². The predicted molar refractivity (Wildman–Crippen MR) is 132 cm³/mol. The molecule has 2 fully saturated rings. The summed E-state index contributed by atoms with van der Waals surface area (Å²) in [5, 5.41) is 8.88. The molecule has 34 heavy (non-hydrogen) atoms. The van der Waals surface area contributed by atoms with Gasteiger partial charge >= 0.3 is 0 Å². The lowest BCUT2D eigenvalue weighted by atomic mass is 9.89. The Morgan fingerprint density at radius 2 is 1.88 bits per heavy atom. The first-order chi connectivity index (χ1) is 16.3. The Hall–Kier alpha value is -2.89. The Kier molecular flexibility index (Phi) is 4.98. The Balaban J connectivity index is 1.48. The van der Waals surface area contributed by atoms with E-state index in [1.54, 1.807) is 23.7 Å². The Bertz CT molecular complexity index is 1500. The number of nitrogens with two attached hydrogens (primary N) is 1. The zero-order valence-corrected chi connectivity index (χ0v) is 20.5. The zero-order valence-electron chi connectivity index (χ0n) is 18.9. The number of aryl methyl sites for hydroxylation is 1. The predicted octanol–water partition coefficient (Wildman–Crippen LogP) is 3.21. The summed E-state index contributed by atoms with van der Waals surface area (Å²) < 4.78 is 27.0. The van der Waals surface area contributed by atoms with Gasteiger partial charge in [-0.2, -0.15) is 9.61 Å². The summed E-state index contributed by atoms with van der Waals surface area (Å²) >= 11 is 1.59. The van der Waals surface area contributed by atoms with Crippen LogP contribution in [-0.2, 0) is 9.84 Å². The topological polar surface area (TPSA) is 128 Å². The van der Waals surface area contributed by atoms with Crippen molar-refractivity contribution in [3.63, 3.8) is 0 Å². The van der Waals surface area contributed by atoms with E-state index in [2.05, 4.69) is 20.4 Å². The van der Waals surface area contributed by atoms with Gasteiger partial charge in [0.05, 0.1) is 17.6 Å². The fraction of sp³-hybridized carbons (Fsp3) is 0.391. The lowest BCUT2D eigenvalue weighted by Gasteiger charge is -2.30. The van der Waals surface area contributed by atoms with Crippen LogP contribution in [0.2, 0.25) is 0 Å². The molecule has 0 saturated carbocycles. The number of pyridine rings is 1. The molecule has 0 radical (unpaired) electrons. The van der Waals surface area contributed by atoms with E-state index in [0.29, 0.717) is 23.4 Å². The van der Waals surface area contributed by atoms with E-state index < -0.39 is 9.84 Å². The molecule has 0 spiro atoms. The number of nitrogens with zero attached hydrogens (tertiary/aromatic N) is 5. The summed E-state index contributed by atoms with van der Waals surface area (Å²) in [7, 11) is -3.60. The third-order valence-corrected chi connectivity index (χ3v) is 8.90. The normalized spacial score (nSPS) is 22.5. The second-order valence-electron chi connectivity index (χ2n) is 9.29. The van der Waals surface area contributed by atoms with Crippen molar-refractivity contribution < 1.29 is 8.42 Å². The molecule has 4 aromatic heterocycles. The molecule has 9 nitrogen and oxygen atoms in total. The van der Waals surface area contributed by atoms with Gasteiger partial charge in [-0.25, -0.2) is 18.4 Å². The summed E-state index contributed by atoms with van der Waals surface area (Å²) in [4.78, 5) is 15.1. The minimum absolute atomic E-state index is 0.0344. The number of thiazole rings is 1. The molecule has 0 aliphatic carbocycles. The molecular weight excluding hydrogens is 470 g/mol. The van der Waals surface area contributed by atoms with Crippen molar-refractivity contribution in [3.8, 4) is 21.8 Å². The monoisotopic (exact) mass is 495 g/mol. The zero-order chi connectivity index (χ0) is 23.6. The molecule has 2 aliphatic heterocycles. The smallest absolute Gasteiger partial charge is 0.180 e. The molecule has 0 unspecified atom stereocenters. The average Bonchev–Trinajstić information content (AvgIpc) is 3.51. The second-order valence-corrected chi connectivity index (χ2v) is 12.5. The lowest BCUT2D eigenvalue weighted by Crippen LogP contribution is -2.38. The van der Waals surface area contributed by atoms with Crippen LogP contribution < -0.4 is 11.1 Å². The van der Waals surface area contributed by atoms with Gasteiger partial charge in [-0.15, -0.1) is 11.3 Å². The van der Waals surface area contributed by atoms with Crippen LogP contribution in [0, 0.1) is 6.92 Å². The minimum atomic E-state index is -3.60. The van der Waals surface area contributed by atoms with Crippen LogP contribution >= 0.6 is 11.3 Å². The van der Waals surface area contributed by atoms with Crippen molar-refractivity contribution in [1.29, 1.82) is 0 Å². The van der Waals surface area contributed by atoms with E-state index in [4.69, 9.17) is 10.7 Å². The fourth-order valence-electron chi connectivity index (χ4n) is 5.31. The quantitative estimate of drug-likeness (QED) is 0.442. The number of aromatic nitrogens is 5. The van der Waals surface area contributed by atoms with E-state index in [9.17, 15) is 8.42 Å². The molecule has 0 amide bonds. The maximum atomic E-state index is 12.8. The van der Waals surface area contributed by atoms with Crippen molar-refractivity contribution in [3.05, 3.63) is 41.3 Å².